The second kappa shape index (κ2) is 9.16. The normalized spacial score (nSPS) is 15.1. The molecule has 33 heavy (non-hydrogen) atoms. The minimum absolute atomic E-state index is 0.0749. The second-order valence-corrected chi connectivity index (χ2v) is 8.13. The Bertz CT molecular complexity index is 1230. The fourth-order valence-corrected chi connectivity index (χ4v) is 3.87. The van der Waals surface area contributed by atoms with Crippen molar-refractivity contribution in [3.63, 3.8) is 0 Å². The van der Waals surface area contributed by atoms with Crippen LogP contribution >= 0.6 is 23.2 Å². The van der Waals surface area contributed by atoms with E-state index in [-0.39, 0.29) is 11.6 Å². The molecule has 0 aliphatic carbocycles. The molecule has 0 bridgehead atoms. The number of piperazine rings is 1. The standard InChI is InChI=1S/C21H16Cl2FN5O4/c22-13-3-6-15(29-9-18(23)25-26-29)16(8-13)27-10-20(31)28(11-19(27)30)17(21(32)33)7-12-1-4-14(24)5-2-12/h1-6,8-9,17H,7,10-11H2,(H,32,33). The lowest BCUT2D eigenvalue weighted by Gasteiger charge is -2.37. The Hall–Kier alpha value is -3.50. The van der Waals surface area contributed by atoms with Gasteiger partial charge in [0, 0.05) is 11.4 Å². The molecule has 170 valence electrons. The van der Waals surface area contributed by atoms with E-state index in [4.69, 9.17) is 23.2 Å². The van der Waals surface area contributed by atoms with Crippen LogP contribution in [0.5, 0.6) is 0 Å². The van der Waals surface area contributed by atoms with Crippen molar-refractivity contribution in [2.24, 2.45) is 0 Å². The molecule has 12 heteroatoms. The minimum Gasteiger partial charge on any atom is -0.480 e. The first-order valence-corrected chi connectivity index (χ1v) is 10.4. The maximum absolute atomic E-state index is 13.2. The molecule has 0 saturated carbocycles. The molecule has 2 aromatic carbocycles. The van der Waals surface area contributed by atoms with Crippen molar-refractivity contribution in [2.75, 3.05) is 18.0 Å². The van der Waals surface area contributed by atoms with Crippen molar-refractivity contribution in [3.8, 4) is 5.69 Å². The van der Waals surface area contributed by atoms with Crippen LogP contribution in [-0.2, 0) is 20.8 Å². The number of anilines is 1. The summed E-state index contributed by atoms with van der Waals surface area (Å²) in [7, 11) is 0. The smallest absolute Gasteiger partial charge is 0.326 e. The maximum Gasteiger partial charge on any atom is 0.326 e. The van der Waals surface area contributed by atoms with Gasteiger partial charge in [0.25, 0.3) is 0 Å². The van der Waals surface area contributed by atoms with Gasteiger partial charge < -0.3 is 10.0 Å². The number of hydrogen-bond donors (Lipinski definition) is 1. The minimum atomic E-state index is -1.29. The van der Waals surface area contributed by atoms with E-state index >= 15 is 0 Å². The van der Waals surface area contributed by atoms with Gasteiger partial charge in [0.05, 0.1) is 17.6 Å². The van der Waals surface area contributed by atoms with E-state index in [0.29, 0.717) is 22.0 Å². The number of carbonyl (C=O) groups is 3. The van der Waals surface area contributed by atoms with Gasteiger partial charge in [0.1, 0.15) is 24.9 Å². The lowest BCUT2D eigenvalue weighted by Crippen LogP contribution is -2.59. The van der Waals surface area contributed by atoms with E-state index in [1.165, 1.54) is 46.1 Å². The van der Waals surface area contributed by atoms with Crippen molar-refractivity contribution >= 4 is 46.7 Å². The number of carboxylic acid groups (broad SMARTS) is 1. The molecule has 0 radical (unpaired) electrons. The van der Waals surface area contributed by atoms with Crippen LogP contribution in [0.2, 0.25) is 10.2 Å². The molecule has 1 aliphatic heterocycles. The van der Waals surface area contributed by atoms with Gasteiger partial charge in [0.15, 0.2) is 5.15 Å². The number of carbonyl (C=O) groups excluding carboxylic acids is 2. The van der Waals surface area contributed by atoms with Crippen molar-refractivity contribution in [3.05, 3.63) is 70.2 Å². The zero-order valence-electron chi connectivity index (χ0n) is 16.9. The number of rotatable bonds is 6. The molecule has 1 aliphatic rings. The largest absolute Gasteiger partial charge is 0.480 e. The molecule has 4 rings (SSSR count). The Labute approximate surface area is 196 Å². The molecule has 1 saturated heterocycles. The van der Waals surface area contributed by atoms with Crippen LogP contribution in [-0.4, -0.2) is 61.9 Å². The van der Waals surface area contributed by atoms with Crippen LogP contribution in [0.1, 0.15) is 5.56 Å². The number of nitrogens with zero attached hydrogens (tertiary/aromatic N) is 5. The molecule has 1 fully saturated rings. The van der Waals surface area contributed by atoms with E-state index in [2.05, 4.69) is 10.3 Å². The number of halogens is 3. The number of benzene rings is 2. The van der Waals surface area contributed by atoms with Crippen LogP contribution < -0.4 is 4.90 Å². The second-order valence-electron chi connectivity index (χ2n) is 7.31. The maximum atomic E-state index is 13.2. The Kier molecular flexibility index (Phi) is 6.30. The highest BCUT2D eigenvalue weighted by atomic mass is 35.5. The number of aromatic nitrogens is 3. The van der Waals surface area contributed by atoms with E-state index in [1.54, 1.807) is 12.1 Å². The number of carboxylic acids is 1. The van der Waals surface area contributed by atoms with Gasteiger partial charge in [0.2, 0.25) is 11.8 Å². The van der Waals surface area contributed by atoms with Gasteiger partial charge in [-0.15, -0.1) is 5.10 Å². The summed E-state index contributed by atoms with van der Waals surface area (Å²) < 4.78 is 14.5. The summed E-state index contributed by atoms with van der Waals surface area (Å²) in [4.78, 5) is 40.2. The third-order valence-corrected chi connectivity index (χ3v) is 5.57. The molecule has 2 amide bonds. The quantitative estimate of drug-likeness (QED) is 0.567. The Morgan fingerprint density at radius 1 is 1.06 bits per heavy atom. The van der Waals surface area contributed by atoms with E-state index < -0.39 is 42.7 Å². The SMILES string of the molecule is O=C(O)C(Cc1ccc(F)cc1)N1CC(=O)N(c2cc(Cl)ccc2-n2cc(Cl)nn2)CC1=O. The number of amides is 2. The number of hydrogen-bond acceptors (Lipinski definition) is 5. The number of aliphatic carboxylic acids is 1. The Balaban J connectivity index is 1.61. The molecule has 1 N–H and O–H groups in total. The highest BCUT2D eigenvalue weighted by Gasteiger charge is 2.38. The van der Waals surface area contributed by atoms with E-state index in [9.17, 15) is 23.9 Å². The van der Waals surface area contributed by atoms with Crippen LogP contribution in [0, 0.1) is 5.82 Å². The van der Waals surface area contributed by atoms with Crippen molar-refractivity contribution < 1.29 is 23.9 Å². The third kappa shape index (κ3) is 4.81. The first-order valence-electron chi connectivity index (χ1n) is 9.68. The van der Waals surface area contributed by atoms with E-state index in [1.807, 2.05) is 0 Å². The monoisotopic (exact) mass is 491 g/mol. The Morgan fingerprint density at radius 2 is 1.79 bits per heavy atom. The van der Waals surface area contributed by atoms with Crippen molar-refractivity contribution in [2.45, 2.75) is 12.5 Å². The summed E-state index contributed by atoms with van der Waals surface area (Å²) in [6.45, 7) is -0.858. The topological polar surface area (TPSA) is 109 Å². The lowest BCUT2D eigenvalue weighted by atomic mass is 10.0. The van der Waals surface area contributed by atoms with Crippen LogP contribution in [0.3, 0.4) is 0 Å². The van der Waals surface area contributed by atoms with Crippen molar-refractivity contribution in [1.82, 2.24) is 19.9 Å². The Morgan fingerprint density at radius 3 is 2.42 bits per heavy atom. The van der Waals surface area contributed by atoms with Crippen LogP contribution in [0.25, 0.3) is 5.69 Å². The predicted octanol–water partition coefficient (Wildman–Crippen LogP) is 2.58. The highest BCUT2D eigenvalue weighted by molar-refractivity contribution is 6.31. The first kappa shape index (κ1) is 22.7. The molecule has 3 aromatic rings. The first-order chi connectivity index (χ1) is 15.7. The van der Waals surface area contributed by atoms with Gasteiger partial charge in [-0.1, -0.05) is 40.5 Å². The average molecular weight is 492 g/mol. The molecule has 1 atom stereocenters. The fourth-order valence-electron chi connectivity index (χ4n) is 3.58. The summed E-state index contributed by atoms with van der Waals surface area (Å²) >= 11 is 12.0. The summed E-state index contributed by atoms with van der Waals surface area (Å²) in [6.07, 6.45) is 1.36. The summed E-state index contributed by atoms with van der Waals surface area (Å²) in [6, 6.07) is 8.68. The molecule has 2 heterocycles. The molecular formula is C21H16Cl2FN5O4. The van der Waals surface area contributed by atoms with Crippen LogP contribution in [0.15, 0.2) is 48.7 Å². The van der Waals surface area contributed by atoms with Crippen molar-refractivity contribution in [1.29, 1.82) is 0 Å². The molecular weight excluding hydrogens is 476 g/mol. The molecule has 1 aromatic heterocycles. The zero-order valence-corrected chi connectivity index (χ0v) is 18.4. The molecule has 1 unspecified atom stereocenters. The van der Waals surface area contributed by atoms with Gasteiger partial charge in [-0.2, -0.15) is 0 Å². The third-order valence-electron chi connectivity index (χ3n) is 5.16. The highest BCUT2D eigenvalue weighted by Crippen LogP contribution is 2.30. The van der Waals surface area contributed by atoms with Gasteiger partial charge >= 0.3 is 5.97 Å². The van der Waals surface area contributed by atoms with Gasteiger partial charge in [-0.3, -0.25) is 14.5 Å². The molecule has 9 nitrogen and oxygen atoms in total. The van der Waals surface area contributed by atoms with Gasteiger partial charge in [-0.05, 0) is 35.9 Å². The van der Waals surface area contributed by atoms with Gasteiger partial charge in [-0.25, -0.2) is 13.9 Å². The summed E-state index contributed by atoms with van der Waals surface area (Å²) in [5.74, 6) is -2.80. The van der Waals surface area contributed by atoms with Crippen LogP contribution in [0.4, 0.5) is 10.1 Å². The fraction of sp³-hybridized carbons (Fsp3) is 0.190. The average Bonchev–Trinajstić information content (AvgIpc) is 3.20. The summed E-state index contributed by atoms with van der Waals surface area (Å²) in [5.41, 5.74) is 1.23. The van der Waals surface area contributed by atoms with E-state index in [0.717, 1.165) is 4.90 Å². The predicted molar refractivity (Wildman–Crippen MR) is 117 cm³/mol. The lowest BCUT2D eigenvalue weighted by molar-refractivity contribution is -0.152. The zero-order chi connectivity index (χ0) is 23.7. The molecule has 0 spiro atoms. The summed E-state index contributed by atoms with van der Waals surface area (Å²) in [5, 5.41) is 17.8.